The quantitative estimate of drug-likeness (QED) is 0.795. The van der Waals surface area contributed by atoms with Crippen LogP contribution >= 0.6 is 11.6 Å². The van der Waals surface area contributed by atoms with Gasteiger partial charge in [0, 0.05) is 37.1 Å². The van der Waals surface area contributed by atoms with Gasteiger partial charge in [-0.2, -0.15) is 0 Å². The molecule has 0 spiro atoms. The molecule has 0 N–H and O–H groups in total. The smallest absolute Gasteiger partial charge is 0.253 e. The van der Waals surface area contributed by atoms with Crippen LogP contribution in [0.5, 0.6) is 0 Å². The number of nitrogens with zero attached hydrogens (tertiary/aromatic N) is 2. The van der Waals surface area contributed by atoms with E-state index in [1.165, 1.54) is 0 Å². The van der Waals surface area contributed by atoms with E-state index in [4.69, 9.17) is 11.6 Å². The van der Waals surface area contributed by atoms with Crippen molar-refractivity contribution in [2.45, 2.75) is 25.8 Å². The van der Waals surface area contributed by atoms with E-state index < -0.39 is 0 Å². The van der Waals surface area contributed by atoms with Crippen molar-refractivity contribution in [1.29, 1.82) is 0 Å². The van der Waals surface area contributed by atoms with Crippen molar-refractivity contribution in [3.05, 3.63) is 35.4 Å². The summed E-state index contributed by atoms with van der Waals surface area (Å²) >= 11 is 5.76. The van der Waals surface area contributed by atoms with Crippen LogP contribution in [0.15, 0.2) is 24.3 Å². The number of carbonyl (C=O) groups excluding carboxylic acids is 1. The molecule has 0 aliphatic carbocycles. The number of carbonyl (C=O) groups is 1. The van der Waals surface area contributed by atoms with E-state index in [0.717, 1.165) is 37.3 Å². The van der Waals surface area contributed by atoms with Crippen LogP contribution in [0.1, 0.15) is 29.8 Å². The Labute approximate surface area is 120 Å². The summed E-state index contributed by atoms with van der Waals surface area (Å²) in [6, 6.07) is 8.02. The Balaban J connectivity index is 2.03. The molecule has 1 heterocycles. The lowest BCUT2D eigenvalue weighted by molar-refractivity contribution is 0.0528. The predicted octanol–water partition coefficient (Wildman–Crippen LogP) is 2.59. The van der Waals surface area contributed by atoms with Gasteiger partial charge in [-0.05, 0) is 31.2 Å². The molecule has 1 aromatic rings. The summed E-state index contributed by atoms with van der Waals surface area (Å²) in [5.41, 5.74) is 1.80. The second-order valence-electron chi connectivity index (χ2n) is 5.06. The first-order valence-electron chi connectivity index (χ1n) is 6.84. The molecule has 1 aromatic carbocycles. The Hall–Kier alpha value is -1.06. The van der Waals surface area contributed by atoms with Crippen molar-refractivity contribution in [2.75, 3.05) is 26.2 Å². The van der Waals surface area contributed by atoms with E-state index >= 15 is 0 Å². The number of halogens is 1. The summed E-state index contributed by atoms with van der Waals surface area (Å²) in [5, 5.41) is 0. The molecule has 1 amide bonds. The van der Waals surface area contributed by atoms with Crippen LogP contribution in [-0.4, -0.2) is 47.9 Å². The van der Waals surface area contributed by atoms with E-state index in [1.54, 1.807) is 0 Å². The number of amides is 1. The number of benzene rings is 1. The predicted molar refractivity (Wildman–Crippen MR) is 78.6 cm³/mol. The number of hydrogen-bond acceptors (Lipinski definition) is 2. The van der Waals surface area contributed by atoms with Crippen molar-refractivity contribution in [3.63, 3.8) is 0 Å². The minimum atomic E-state index is 0.128. The summed E-state index contributed by atoms with van der Waals surface area (Å²) in [5.74, 6) is 0.615. The van der Waals surface area contributed by atoms with Crippen molar-refractivity contribution >= 4 is 17.5 Å². The minimum absolute atomic E-state index is 0.128. The third kappa shape index (κ3) is 3.28. The fourth-order valence-electron chi connectivity index (χ4n) is 2.57. The first-order chi connectivity index (χ1) is 9.15. The van der Waals surface area contributed by atoms with Crippen LogP contribution < -0.4 is 0 Å². The number of hydrogen-bond donors (Lipinski definition) is 0. The van der Waals surface area contributed by atoms with E-state index in [-0.39, 0.29) is 5.91 Å². The molecular formula is C15H21ClN2O. The summed E-state index contributed by atoms with van der Waals surface area (Å²) in [6.45, 7) is 7.98. The van der Waals surface area contributed by atoms with Crippen molar-refractivity contribution in [3.8, 4) is 0 Å². The Morgan fingerprint density at radius 3 is 2.53 bits per heavy atom. The topological polar surface area (TPSA) is 23.6 Å². The molecule has 0 bridgehead atoms. The second-order valence-corrected chi connectivity index (χ2v) is 5.33. The Morgan fingerprint density at radius 2 is 2.00 bits per heavy atom. The molecule has 0 aromatic heterocycles. The van der Waals surface area contributed by atoms with Gasteiger partial charge in [-0.1, -0.05) is 19.1 Å². The Bertz CT molecular complexity index is 432. The molecule has 3 nitrogen and oxygen atoms in total. The lowest BCUT2D eigenvalue weighted by atomic mass is 10.1. The number of piperazine rings is 1. The highest BCUT2D eigenvalue weighted by Gasteiger charge is 2.26. The average Bonchev–Trinajstić information content (AvgIpc) is 2.46. The van der Waals surface area contributed by atoms with Crippen molar-refractivity contribution in [1.82, 2.24) is 9.80 Å². The molecule has 0 saturated carbocycles. The summed E-state index contributed by atoms with van der Waals surface area (Å²) in [7, 11) is 0. The van der Waals surface area contributed by atoms with Crippen LogP contribution in [0.2, 0.25) is 0 Å². The first kappa shape index (κ1) is 14.4. The molecule has 1 atom stereocenters. The van der Waals surface area contributed by atoms with Crippen molar-refractivity contribution < 1.29 is 4.79 Å². The average molecular weight is 281 g/mol. The highest BCUT2D eigenvalue weighted by Crippen LogP contribution is 2.14. The fraction of sp³-hybridized carbons (Fsp3) is 0.533. The lowest BCUT2D eigenvalue weighted by Crippen LogP contribution is -2.53. The molecule has 1 fully saturated rings. The maximum absolute atomic E-state index is 12.4. The molecular weight excluding hydrogens is 260 g/mol. The van der Waals surface area contributed by atoms with Gasteiger partial charge in [-0.15, -0.1) is 11.6 Å². The summed E-state index contributed by atoms with van der Waals surface area (Å²) in [6.07, 6.45) is 0. The third-order valence-electron chi connectivity index (χ3n) is 3.81. The zero-order valence-electron chi connectivity index (χ0n) is 11.6. The van der Waals surface area contributed by atoms with Crippen LogP contribution in [-0.2, 0) is 5.88 Å². The zero-order valence-corrected chi connectivity index (χ0v) is 12.4. The minimum Gasteiger partial charge on any atom is -0.336 e. The normalized spacial score (nSPS) is 20.6. The van der Waals surface area contributed by atoms with Gasteiger partial charge in [0.15, 0.2) is 0 Å². The molecule has 1 saturated heterocycles. The summed E-state index contributed by atoms with van der Waals surface area (Å²) < 4.78 is 0. The van der Waals surface area contributed by atoms with Gasteiger partial charge in [0.25, 0.3) is 5.91 Å². The molecule has 1 unspecified atom stereocenters. The number of likely N-dealkylation sites (N-methyl/N-ethyl adjacent to an activating group) is 1. The van der Waals surface area contributed by atoms with Crippen molar-refractivity contribution in [2.24, 2.45) is 0 Å². The van der Waals surface area contributed by atoms with Crippen LogP contribution in [0, 0.1) is 0 Å². The third-order valence-corrected chi connectivity index (χ3v) is 4.12. The maximum atomic E-state index is 12.4. The van der Waals surface area contributed by atoms with E-state index in [0.29, 0.717) is 11.9 Å². The Morgan fingerprint density at radius 1 is 1.32 bits per heavy atom. The SMILES string of the molecule is CCN1CCN(C(=O)c2ccc(CCl)cc2)CC1C. The standard InChI is InChI=1S/C15H21ClN2O/c1-3-17-8-9-18(11-12(17)2)15(19)14-6-4-13(10-16)5-7-14/h4-7,12H,3,8-11H2,1-2H3. The van der Waals surface area contributed by atoms with Gasteiger partial charge in [-0.3, -0.25) is 9.69 Å². The fourth-order valence-corrected chi connectivity index (χ4v) is 2.75. The maximum Gasteiger partial charge on any atom is 0.253 e. The van der Waals surface area contributed by atoms with Crippen LogP contribution in [0.3, 0.4) is 0 Å². The van der Waals surface area contributed by atoms with Gasteiger partial charge in [0.05, 0.1) is 0 Å². The zero-order chi connectivity index (χ0) is 13.8. The molecule has 1 aliphatic rings. The van der Waals surface area contributed by atoms with Gasteiger partial charge in [0.1, 0.15) is 0 Å². The van der Waals surface area contributed by atoms with E-state index in [9.17, 15) is 4.79 Å². The summed E-state index contributed by atoms with van der Waals surface area (Å²) in [4.78, 5) is 16.8. The van der Waals surface area contributed by atoms with Crippen LogP contribution in [0.25, 0.3) is 0 Å². The molecule has 1 aliphatic heterocycles. The highest BCUT2D eigenvalue weighted by atomic mass is 35.5. The van der Waals surface area contributed by atoms with E-state index in [2.05, 4.69) is 18.7 Å². The molecule has 2 rings (SSSR count). The molecule has 4 heteroatoms. The molecule has 19 heavy (non-hydrogen) atoms. The van der Waals surface area contributed by atoms with Gasteiger partial charge in [-0.25, -0.2) is 0 Å². The van der Waals surface area contributed by atoms with Gasteiger partial charge >= 0.3 is 0 Å². The van der Waals surface area contributed by atoms with Gasteiger partial charge in [0.2, 0.25) is 0 Å². The highest BCUT2D eigenvalue weighted by molar-refractivity contribution is 6.17. The Kier molecular flexibility index (Phi) is 4.83. The van der Waals surface area contributed by atoms with Gasteiger partial charge < -0.3 is 4.90 Å². The lowest BCUT2D eigenvalue weighted by Gasteiger charge is -2.39. The number of rotatable bonds is 3. The largest absolute Gasteiger partial charge is 0.336 e. The number of alkyl halides is 1. The first-order valence-corrected chi connectivity index (χ1v) is 7.37. The second kappa shape index (κ2) is 6.40. The molecule has 104 valence electrons. The van der Waals surface area contributed by atoms with Crippen LogP contribution in [0.4, 0.5) is 0 Å². The monoisotopic (exact) mass is 280 g/mol. The molecule has 0 radical (unpaired) electrons. The van der Waals surface area contributed by atoms with E-state index in [1.807, 2.05) is 29.2 Å².